The molecule has 0 saturated carbocycles. The zero-order valence-electron chi connectivity index (χ0n) is 14.5. The predicted octanol–water partition coefficient (Wildman–Crippen LogP) is 0.671. The van der Waals surface area contributed by atoms with E-state index in [1.165, 1.54) is 22.9 Å². The summed E-state index contributed by atoms with van der Waals surface area (Å²) in [6, 6.07) is 6.13. The van der Waals surface area contributed by atoms with E-state index in [1.807, 2.05) is 19.9 Å². The fourth-order valence-corrected chi connectivity index (χ4v) is 3.38. The van der Waals surface area contributed by atoms with Crippen LogP contribution in [0.15, 0.2) is 29.2 Å². The summed E-state index contributed by atoms with van der Waals surface area (Å²) in [7, 11) is -3.95. The summed E-state index contributed by atoms with van der Waals surface area (Å²) in [5, 5.41) is 4.16. The minimum absolute atomic E-state index is 0.0341. The van der Waals surface area contributed by atoms with Crippen LogP contribution in [-0.2, 0) is 21.4 Å². The number of sulfonamides is 1. The quantitative estimate of drug-likeness (QED) is 0.738. The molecule has 0 bridgehead atoms. The SMILES string of the molecule is Cc1cc(C)n(CC(=O)NNS(=O)(=O)c2ccc3c(c2)OCCCO3)n1. The summed E-state index contributed by atoms with van der Waals surface area (Å²) in [5.41, 5.74) is 3.78. The Morgan fingerprint density at radius 1 is 1.19 bits per heavy atom. The van der Waals surface area contributed by atoms with Gasteiger partial charge in [0.15, 0.2) is 11.5 Å². The second kappa shape index (κ2) is 7.34. The lowest BCUT2D eigenvalue weighted by atomic mass is 10.3. The molecule has 2 heterocycles. The van der Waals surface area contributed by atoms with Gasteiger partial charge in [-0.3, -0.25) is 14.9 Å². The Kier molecular flexibility index (Phi) is 5.14. The van der Waals surface area contributed by atoms with Gasteiger partial charge in [-0.1, -0.05) is 0 Å². The maximum absolute atomic E-state index is 12.4. The van der Waals surface area contributed by atoms with Crippen molar-refractivity contribution in [2.24, 2.45) is 0 Å². The van der Waals surface area contributed by atoms with Crippen molar-refractivity contribution in [3.63, 3.8) is 0 Å². The summed E-state index contributed by atoms with van der Waals surface area (Å²) >= 11 is 0. The number of hydrogen-bond acceptors (Lipinski definition) is 6. The van der Waals surface area contributed by atoms with Crippen molar-refractivity contribution in [3.8, 4) is 11.5 Å². The van der Waals surface area contributed by atoms with Crippen molar-refractivity contribution >= 4 is 15.9 Å². The Balaban J connectivity index is 1.66. The number of benzene rings is 1. The van der Waals surface area contributed by atoms with Crippen LogP contribution in [0.3, 0.4) is 0 Å². The number of fused-ring (bicyclic) bond motifs is 1. The molecule has 0 radical (unpaired) electrons. The minimum atomic E-state index is -3.95. The molecule has 140 valence electrons. The molecule has 0 aliphatic carbocycles. The maximum atomic E-state index is 12.4. The van der Waals surface area contributed by atoms with E-state index in [2.05, 4.69) is 15.4 Å². The van der Waals surface area contributed by atoms with E-state index in [4.69, 9.17) is 9.47 Å². The highest BCUT2D eigenvalue weighted by Gasteiger charge is 2.19. The summed E-state index contributed by atoms with van der Waals surface area (Å²) in [5.74, 6) is 0.323. The lowest BCUT2D eigenvalue weighted by Crippen LogP contribution is -2.43. The van der Waals surface area contributed by atoms with Crippen molar-refractivity contribution in [1.82, 2.24) is 20.0 Å². The first-order valence-corrected chi connectivity index (χ1v) is 9.55. The molecule has 0 fully saturated rings. The number of carbonyl (C=O) groups is 1. The second-order valence-electron chi connectivity index (χ2n) is 5.90. The third-order valence-corrected chi connectivity index (χ3v) is 5.00. The van der Waals surface area contributed by atoms with Gasteiger partial charge in [-0.05, 0) is 32.0 Å². The maximum Gasteiger partial charge on any atom is 0.257 e. The number of carbonyl (C=O) groups excluding carboxylic acids is 1. The number of rotatable bonds is 5. The number of aromatic nitrogens is 2. The molecule has 2 N–H and O–H groups in total. The van der Waals surface area contributed by atoms with Crippen molar-refractivity contribution in [2.45, 2.75) is 31.7 Å². The zero-order chi connectivity index (χ0) is 18.7. The first-order chi connectivity index (χ1) is 12.3. The molecule has 3 rings (SSSR count). The molecule has 0 unspecified atom stereocenters. The standard InChI is InChI=1S/C16H20N4O5S/c1-11-8-12(2)20(18-11)10-16(21)17-19-26(22,23)13-4-5-14-15(9-13)25-7-3-6-24-14/h4-5,8-9,19H,3,6-7,10H2,1-2H3,(H,17,21). The van der Waals surface area contributed by atoms with Crippen LogP contribution in [0.4, 0.5) is 0 Å². The Labute approximate surface area is 151 Å². The van der Waals surface area contributed by atoms with Crippen LogP contribution in [0, 0.1) is 13.8 Å². The lowest BCUT2D eigenvalue weighted by molar-refractivity contribution is -0.122. The molecule has 1 amide bonds. The van der Waals surface area contributed by atoms with E-state index in [0.29, 0.717) is 24.7 Å². The minimum Gasteiger partial charge on any atom is -0.490 e. The van der Waals surface area contributed by atoms with Crippen LogP contribution >= 0.6 is 0 Å². The van der Waals surface area contributed by atoms with Gasteiger partial charge in [-0.2, -0.15) is 5.10 Å². The molecule has 0 saturated heterocycles. The van der Waals surface area contributed by atoms with Crippen LogP contribution in [0.5, 0.6) is 11.5 Å². The highest BCUT2D eigenvalue weighted by atomic mass is 32.2. The Hall–Kier alpha value is -2.59. The lowest BCUT2D eigenvalue weighted by Gasteiger charge is -2.12. The zero-order valence-corrected chi connectivity index (χ0v) is 15.3. The average Bonchev–Trinajstić information content (AvgIpc) is 2.78. The Bertz CT molecular complexity index is 923. The van der Waals surface area contributed by atoms with E-state index in [9.17, 15) is 13.2 Å². The van der Waals surface area contributed by atoms with E-state index in [1.54, 1.807) is 0 Å². The highest BCUT2D eigenvalue weighted by molar-refractivity contribution is 7.89. The van der Waals surface area contributed by atoms with E-state index >= 15 is 0 Å². The molecule has 2 aromatic rings. The third-order valence-electron chi connectivity index (χ3n) is 3.75. The molecule has 10 heteroatoms. The van der Waals surface area contributed by atoms with Gasteiger partial charge in [-0.15, -0.1) is 4.83 Å². The summed E-state index contributed by atoms with van der Waals surface area (Å²) in [6.07, 6.45) is 0.720. The smallest absolute Gasteiger partial charge is 0.257 e. The van der Waals surface area contributed by atoms with Crippen LogP contribution in [0.2, 0.25) is 0 Å². The fraction of sp³-hybridized carbons (Fsp3) is 0.375. The fourth-order valence-electron chi connectivity index (χ4n) is 2.50. The summed E-state index contributed by atoms with van der Waals surface area (Å²) in [4.78, 5) is 14.0. The van der Waals surface area contributed by atoms with E-state index < -0.39 is 15.9 Å². The van der Waals surface area contributed by atoms with Gasteiger partial charge in [0.2, 0.25) is 0 Å². The molecular formula is C16H20N4O5S. The van der Waals surface area contributed by atoms with Gasteiger partial charge in [0.25, 0.3) is 15.9 Å². The highest BCUT2D eigenvalue weighted by Crippen LogP contribution is 2.31. The molecular weight excluding hydrogens is 360 g/mol. The van der Waals surface area contributed by atoms with Gasteiger partial charge in [0.1, 0.15) is 6.54 Å². The average molecular weight is 380 g/mol. The first kappa shape index (κ1) is 18.2. The number of hydrazine groups is 1. The van der Waals surface area contributed by atoms with Crippen LogP contribution in [-0.4, -0.2) is 37.3 Å². The van der Waals surface area contributed by atoms with Gasteiger partial charge < -0.3 is 9.47 Å². The molecule has 1 aliphatic heterocycles. The largest absolute Gasteiger partial charge is 0.490 e. The molecule has 9 nitrogen and oxygen atoms in total. The van der Waals surface area contributed by atoms with Crippen molar-refractivity contribution in [3.05, 3.63) is 35.7 Å². The summed E-state index contributed by atoms with van der Waals surface area (Å²) < 4.78 is 37.2. The van der Waals surface area contributed by atoms with Crippen molar-refractivity contribution in [1.29, 1.82) is 0 Å². The van der Waals surface area contributed by atoms with Crippen LogP contribution in [0.1, 0.15) is 17.8 Å². The number of ether oxygens (including phenoxy) is 2. The number of hydrogen-bond donors (Lipinski definition) is 2. The normalized spacial score (nSPS) is 13.9. The van der Waals surface area contributed by atoms with Gasteiger partial charge in [-0.25, -0.2) is 8.42 Å². The Morgan fingerprint density at radius 3 is 2.62 bits per heavy atom. The first-order valence-electron chi connectivity index (χ1n) is 8.06. The van der Waals surface area contributed by atoms with Crippen LogP contribution < -0.4 is 19.7 Å². The van der Waals surface area contributed by atoms with Crippen molar-refractivity contribution < 1.29 is 22.7 Å². The van der Waals surface area contributed by atoms with Crippen molar-refractivity contribution in [2.75, 3.05) is 13.2 Å². The molecule has 1 aliphatic rings. The second-order valence-corrected chi connectivity index (χ2v) is 7.58. The number of amides is 1. The van der Waals surface area contributed by atoms with Gasteiger partial charge >= 0.3 is 0 Å². The molecule has 26 heavy (non-hydrogen) atoms. The van der Waals surface area contributed by atoms with Gasteiger partial charge in [0, 0.05) is 18.2 Å². The Morgan fingerprint density at radius 2 is 1.92 bits per heavy atom. The van der Waals surface area contributed by atoms with E-state index in [0.717, 1.165) is 17.8 Å². The molecule has 1 aromatic carbocycles. The predicted molar refractivity (Wildman–Crippen MR) is 92.2 cm³/mol. The van der Waals surface area contributed by atoms with Crippen LogP contribution in [0.25, 0.3) is 0 Å². The van der Waals surface area contributed by atoms with E-state index in [-0.39, 0.29) is 11.4 Å². The molecule has 0 spiro atoms. The third kappa shape index (κ3) is 4.14. The number of nitrogens with one attached hydrogen (secondary N) is 2. The summed E-state index contributed by atoms with van der Waals surface area (Å²) in [6.45, 7) is 4.50. The number of aryl methyl sites for hydroxylation is 2. The monoisotopic (exact) mass is 380 g/mol. The topological polar surface area (TPSA) is 112 Å². The van der Waals surface area contributed by atoms with Gasteiger partial charge in [0.05, 0.1) is 23.8 Å². The number of nitrogens with zero attached hydrogens (tertiary/aromatic N) is 2. The molecule has 1 aromatic heterocycles. The molecule has 0 atom stereocenters.